The standard InChI is InChI=1S/C13H12ClFN2O2/c14-12-11(15)3-8(4-16-12)7-1-9-5-17(13(18)19)6-10(9)2-7/h1,3-4,9-10H,2,5-6H2,(H,18,19)/t9-,10+/m1/s1. The molecule has 1 aliphatic carbocycles. The summed E-state index contributed by atoms with van der Waals surface area (Å²) in [5.74, 6) is -0.000956. The van der Waals surface area contributed by atoms with Crippen LogP contribution in [0, 0.1) is 17.7 Å². The Hall–Kier alpha value is -1.62. The molecule has 0 saturated carbocycles. The lowest BCUT2D eigenvalue weighted by Gasteiger charge is -2.12. The Balaban J connectivity index is 1.80. The van der Waals surface area contributed by atoms with E-state index in [0.717, 1.165) is 17.6 Å². The number of hydrogen-bond acceptors (Lipinski definition) is 2. The highest BCUT2D eigenvalue weighted by Gasteiger charge is 2.38. The Morgan fingerprint density at radius 1 is 1.53 bits per heavy atom. The average Bonchev–Trinajstić information content (AvgIpc) is 2.90. The van der Waals surface area contributed by atoms with Crippen molar-refractivity contribution in [2.45, 2.75) is 6.42 Å². The van der Waals surface area contributed by atoms with Crippen molar-refractivity contribution in [3.8, 4) is 0 Å². The third kappa shape index (κ3) is 2.18. The quantitative estimate of drug-likeness (QED) is 0.806. The largest absolute Gasteiger partial charge is 0.465 e. The molecule has 3 rings (SSSR count). The topological polar surface area (TPSA) is 53.4 Å². The molecule has 1 amide bonds. The van der Waals surface area contributed by atoms with E-state index in [1.165, 1.54) is 11.0 Å². The number of allylic oxidation sites excluding steroid dienone is 1. The third-order valence-corrected chi connectivity index (χ3v) is 4.10. The molecule has 6 heteroatoms. The predicted octanol–water partition coefficient (Wildman–Crippen LogP) is 2.89. The van der Waals surface area contributed by atoms with Crippen molar-refractivity contribution in [2.75, 3.05) is 13.1 Å². The minimum atomic E-state index is -0.872. The van der Waals surface area contributed by atoms with E-state index in [1.807, 2.05) is 6.08 Å². The number of rotatable bonds is 1. The van der Waals surface area contributed by atoms with E-state index in [2.05, 4.69) is 4.98 Å². The van der Waals surface area contributed by atoms with E-state index >= 15 is 0 Å². The van der Waals surface area contributed by atoms with E-state index in [-0.39, 0.29) is 11.1 Å². The van der Waals surface area contributed by atoms with E-state index in [0.29, 0.717) is 19.0 Å². The Bertz CT molecular complexity index is 576. The van der Waals surface area contributed by atoms with Gasteiger partial charge in [0, 0.05) is 19.3 Å². The van der Waals surface area contributed by atoms with E-state index in [1.54, 1.807) is 6.20 Å². The lowest BCUT2D eigenvalue weighted by Crippen LogP contribution is -2.27. The fourth-order valence-electron chi connectivity index (χ4n) is 2.88. The van der Waals surface area contributed by atoms with E-state index in [4.69, 9.17) is 16.7 Å². The lowest BCUT2D eigenvalue weighted by atomic mass is 9.99. The zero-order valence-corrected chi connectivity index (χ0v) is 10.8. The van der Waals surface area contributed by atoms with E-state index < -0.39 is 11.9 Å². The Morgan fingerprint density at radius 3 is 2.95 bits per heavy atom. The summed E-state index contributed by atoms with van der Waals surface area (Å²) in [5, 5.41) is 8.82. The number of halogens is 2. The van der Waals surface area contributed by atoms with Gasteiger partial charge in [-0.25, -0.2) is 14.2 Å². The molecule has 1 aromatic rings. The molecule has 0 radical (unpaired) electrons. The highest BCUT2D eigenvalue weighted by atomic mass is 35.5. The van der Waals surface area contributed by atoms with Gasteiger partial charge in [-0.05, 0) is 35.5 Å². The number of nitrogens with zero attached hydrogens (tertiary/aromatic N) is 2. The van der Waals surface area contributed by atoms with Crippen LogP contribution in [0.3, 0.4) is 0 Å². The Labute approximate surface area is 114 Å². The maximum atomic E-state index is 13.4. The number of amides is 1. The van der Waals surface area contributed by atoms with Crippen LogP contribution in [0.2, 0.25) is 5.15 Å². The summed E-state index contributed by atoms with van der Waals surface area (Å²) in [6.45, 7) is 1.07. The Kier molecular flexibility index (Phi) is 2.93. The molecular weight excluding hydrogens is 271 g/mol. The fraction of sp³-hybridized carbons (Fsp3) is 0.385. The molecule has 1 aliphatic heterocycles. The Morgan fingerprint density at radius 2 is 2.32 bits per heavy atom. The van der Waals surface area contributed by atoms with Crippen molar-refractivity contribution < 1.29 is 14.3 Å². The van der Waals surface area contributed by atoms with Crippen LogP contribution in [0.1, 0.15) is 12.0 Å². The second-order valence-corrected chi connectivity index (χ2v) is 5.36. The molecule has 2 atom stereocenters. The number of hydrogen-bond donors (Lipinski definition) is 1. The SMILES string of the molecule is O=C(O)N1C[C@@H]2CC(c3cnc(Cl)c(F)c3)=C[C@@H]2C1. The molecule has 2 aliphatic rings. The van der Waals surface area contributed by atoms with Crippen molar-refractivity contribution in [3.63, 3.8) is 0 Å². The number of pyridine rings is 1. The van der Waals surface area contributed by atoms with Gasteiger partial charge in [-0.15, -0.1) is 0 Å². The van der Waals surface area contributed by atoms with Crippen LogP contribution in [0.5, 0.6) is 0 Å². The number of carbonyl (C=O) groups is 1. The summed E-state index contributed by atoms with van der Waals surface area (Å²) in [6.07, 6.45) is 3.49. The number of likely N-dealkylation sites (tertiary alicyclic amines) is 1. The monoisotopic (exact) mass is 282 g/mol. The molecular formula is C13H12ClFN2O2. The first-order valence-electron chi connectivity index (χ1n) is 6.04. The first kappa shape index (κ1) is 12.4. The molecule has 0 unspecified atom stereocenters. The summed E-state index contributed by atoms with van der Waals surface area (Å²) in [7, 11) is 0. The molecule has 2 heterocycles. The van der Waals surface area contributed by atoms with Gasteiger partial charge in [-0.3, -0.25) is 0 Å². The van der Waals surface area contributed by atoms with E-state index in [9.17, 15) is 9.18 Å². The number of aromatic nitrogens is 1. The molecule has 0 spiro atoms. The van der Waals surface area contributed by atoms with Gasteiger partial charge in [0.25, 0.3) is 0 Å². The number of carboxylic acid groups (broad SMARTS) is 1. The molecule has 1 aromatic heterocycles. The molecule has 1 saturated heterocycles. The smallest absolute Gasteiger partial charge is 0.407 e. The van der Waals surface area contributed by atoms with Crippen molar-refractivity contribution >= 4 is 23.3 Å². The second-order valence-electron chi connectivity index (χ2n) is 5.00. The molecule has 1 fully saturated rings. The molecule has 0 aromatic carbocycles. The fourth-order valence-corrected chi connectivity index (χ4v) is 2.98. The summed E-state index contributed by atoms with van der Waals surface area (Å²) in [5.41, 5.74) is 1.77. The molecule has 100 valence electrons. The van der Waals surface area contributed by atoms with Crippen LogP contribution < -0.4 is 0 Å². The van der Waals surface area contributed by atoms with Crippen LogP contribution >= 0.6 is 11.6 Å². The van der Waals surface area contributed by atoms with Gasteiger partial charge in [0.1, 0.15) is 0 Å². The van der Waals surface area contributed by atoms with Gasteiger partial charge in [0.15, 0.2) is 11.0 Å². The highest BCUT2D eigenvalue weighted by molar-refractivity contribution is 6.29. The normalized spacial score (nSPS) is 25.4. The van der Waals surface area contributed by atoms with Crippen LogP contribution in [-0.4, -0.2) is 34.2 Å². The zero-order valence-electron chi connectivity index (χ0n) is 10.0. The minimum Gasteiger partial charge on any atom is -0.465 e. The molecule has 4 nitrogen and oxygen atoms in total. The first-order chi connectivity index (χ1) is 9.04. The second kappa shape index (κ2) is 4.49. The first-order valence-corrected chi connectivity index (χ1v) is 6.42. The van der Waals surface area contributed by atoms with Gasteiger partial charge < -0.3 is 10.0 Å². The summed E-state index contributed by atoms with van der Waals surface area (Å²) in [6, 6.07) is 1.39. The van der Waals surface area contributed by atoms with Gasteiger partial charge in [-0.1, -0.05) is 17.7 Å². The van der Waals surface area contributed by atoms with Crippen molar-refractivity contribution in [3.05, 3.63) is 34.9 Å². The molecule has 1 N–H and O–H groups in total. The summed E-state index contributed by atoms with van der Waals surface area (Å²) in [4.78, 5) is 16.1. The van der Waals surface area contributed by atoms with Crippen LogP contribution in [0.25, 0.3) is 5.57 Å². The van der Waals surface area contributed by atoms with Crippen LogP contribution in [-0.2, 0) is 0 Å². The predicted molar refractivity (Wildman–Crippen MR) is 68.4 cm³/mol. The van der Waals surface area contributed by atoms with Crippen LogP contribution in [0.4, 0.5) is 9.18 Å². The van der Waals surface area contributed by atoms with Crippen molar-refractivity contribution in [1.82, 2.24) is 9.88 Å². The minimum absolute atomic E-state index is 0.125. The maximum absolute atomic E-state index is 13.4. The summed E-state index contributed by atoms with van der Waals surface area (Å²) < 4.78 is 13.4. The van der Waals surface area contributed by atoms with Crippen molar-refractivity contribution in [2.24, 2.45) is 11.8 Å². The lowest BCUT2D eigenvalue weighted by molar-refractivity contribution is 0.153. The van der Waals surface area contributed by atoms with Gasteiger partial charge >= 0.3 is 6.09 Å². The molecule has 19 heavy (non-hydrogen) atoms. The number of fused-ring (bicyclic) bond motifs is 1. The molecule has 0 bridgehead atoms. The third-order valence-electron chi connectivity index (χ3n) is 3.83. The van der Waals surface area contributed by atoms with Crippen molar-refractivity contribution in [1.29, 1.82) is 0 Å². The van der Waals surface area contributed by atoms with Crippen LogP contribution in [0.15, 0.2) is 18.3 Å². The summed E-state index contributed by atoms with van der Waals surface area (Å²) >= 11 is 5.56. The highest BCUT2D eigenvalue weighted by Crippen LogP contribution is 2.41. The maximum Gasteiger partial charge on any atom is 0.407 e. The van der Waals surface area contributed by atoms with Gasteiger partial charge in [-0.2, -0.15) is 0 Å². The van der Waals surface area contributed by atoms with Gasteiger partial charge in [0.2, 0.25) is 0 Å². The van der Waals surface area contributed by atoms with Gasteiger partial charge in [0.05, 0.1) is 0 Å². The average molecular weight is 283 g/mol. The zero-order chi connectivity index (χ0) is 13.6.